The summed E-state index contributed by atoms with van der Waals surface area (Å²) < 4.78 is 0. The van der Waals surface area contributed by atoms with Crippen molar-refractivity contribution in [1.29, 1.82) is 0 Å². The number of ketones is 1. The molecule has 1 atom stereocenters. The van der Waals surface area contributed by atoms with Crippen LogP contribution >= 0.6 is 22.9 Å². The number of benzene rings is 1. The Morgan fingerprint density at radius 2 is 2.16 bits per heavy atom. The average Bonchev–Trinajstić information content (AvgIpc) is 2.91. The molecule has 0 spiro atoms. The van der Waals surface area contributed by atoms with E-state index in [-0.39, 0.29) is 11.8 Å². The average molecular weight is 294 g/mol. The Labute approximate surface area is 122 Å². The van der Waals surface area contributed by atoms with Gasteiger partial charge in [0.15, 0.2) is 5.78 Å². The summed E-state index contributed by atoms with van der Waals surface area (Å²) in [5, 5.41) is 2.65. The number of likely N-dealkylation sites (N-methyl/N-ethyl adjacent to an activating group) is 1. The second-order valence-corrected chi connectivity index (χ2v) is 5.93. The predicted molar refractivity (Wildman–Crippen MR) is 81.1 cm³/mol. The number of rotatable bonds is 5. The van der Waals surface area contributed by atoms with E-state index in [0.29, 0.717) is 6.54 Å². The molecule has 2 rings (SSSR count). The van der Waals surface area contributed by atoms with E-state index >= 15 is 0 Å². The maximum Gasteiger partial charge on any atom is 0.186 e. The van der Waals surface area contributed by atoms with Crippen LogP contribution in [0.4, 0.5) is 0 Å². The normalized spacial score (nSPS) is 12.6. The lowest BCUT2D eigenvalue weighted by molar-refractivity contribution is 0.0929. The van der Waals surface area contributed by atoms with E-state index in [4.69, 9.17) is 11.6 Å². The molecule has 100 valence electrons. The zero-order valence-corrected chi connectivity index (χ0v) is 12.5. The summed E-state index contributed by atoms with van der Waals surface area (Å²) in [5.41, 5.74) is 1.12. The minimum absolute atomic E-state index is 0.155. The lowest BCUT2D eigenvalue weighted by Crippen LogP contribution is -2.28. The topological polar surface area (TPSA) is 20.3 Å². The van der Waals surface area contributed by atoms with Crippen LogP contribution < -0.4 is 0 Å². The standard InChI is InChI=1S/C15H16ClNOS/c1-11(12-5-3-6-13(16)9-12)17(2)10-14(18)15-7-4-8-19-15/h3-9,11H,10H2,1-2H3. The highest BCUT2D eigenvalue weighted by Gasteiger charge is 2.16. The Kier molecular flexibility index (Phi) is 4.75. The van der Waals surface area contributed by atoms with E-state index in [1.165, 1.54) is 11.3 Å². The van der Waals surface area contributed by atoms with Crippen molar-refractivity contribution in [3.8, 4) is 0 Å². The number of thiophene rings is 1. The summed E-state index contributed by atoms with van der Waals surface area (Å²) >= 11 is 7.48. The van der Waals surface area contributed by atoms with Gasteiger partial charge in [0.25, 0.3) is 0 Å². The van der Waals surface area contributed by atoms with Crippen LogP contribution in [0, 0.1) is 0 Å². The fourth-order valence-electron chi connectivity index (χ4n) is 1.90. The molecule has 0 aliphatic heterocycles. The third-order valence-electron chi connectivity index (χ3n) is 3.18. The summed E-state index contributed by atoms with van der Waals surface area (Å²) in [5.74, 6) is 0.159. The van der Waals surface area contributed by atoms with E-state index in [0.717, 1.165) is 15.5 Å². The molecular formula is C15H16ClNOS. The van der Waals surface area contributed by atoms with Crippen molar-refractivity contribution < 1.29 is 4.79 Å². The van der Waals surface area contributed by atoms with Gasteiger partial charge in [-0.25, -0.2) is 0 Å². The SMILES string of the molecule is CC(c1cccc(Cl)c1)N(C)CC(=O)c1cccs1. The summed E-state index contributed by atoms with van der Waals surface area (Å²) in [6, 6.07) is 11.7. The maximum atomic E-state index is 12.1. The highest BCUT2D eigenvalue weighted by atomic mass is 35.5. The van der Waals surface area contributed by atoms with Crippen LogP contribution in [0.1, 0.15) is 28.2 Å². The molecule has 1 heterocycles. The van der Waals surface area contributed by atoms with Crippen LogP contribution in [0.3, 0.4) is 0 Å². The Hall–Kier alpha value is -1.16. The largest absolute Gasteiger partial charge is 0.292 e. The van der Waals surface area contributed by atoms with E-state index < -0.39 is 0 Å². The third kappa shape index (κ3) is 3.66. The van der Waals surface area contributed by atoms with Crippen LogP contribution in [-0.4, -0.2) is 24.3 Å². The Bertz CT molecular complexity index is 553. The summed E-state index contributed by atoms with van der Waals surface area (Å²) in [6.45, 7) is 2.49. The minimum atomic E-state index is 0.155. The molecule has 0 fully saturated rings. The van der Waals surface area contributed by atoms with Crippen molar-refractivity contribution in [3.05, 3.63) is 57.2 Å². The first-order valence-electron chi connectivity index (χ1n) is 6.10. The van der Waals surface area contributed by atoms with E-state index in [9.17, 15) is 4.79 Å². The molecule has 1 aromatic heterocycles. The van der Waals surface area contributed by atoms with Crippen LogP contribution in [0.5, 0.6) is 0 Å². The molecule has 2 aromatic rings. The highest BCUT2D eigenvalue weighted by Crippen LogP contribution is 2.22. The second-order valence-electron chi connectivity index (χ2n) is 4.55. The van der Waals surface area contributed by atoms with Crippen LogP contribution in [0.15, 0.2) is 41.8 Å². The highest BCUT2D eigenvalue weighted by molar-refractivity contribution is 7.12. The summed E-state index contributed by atoms with van der Waals surface area (Å²) in [4.78, 5) is 14.9. The molecule has 0 saturated heterocycles. The van der Waals surface area contributed by atoms with Crippen molar-refractivity contribution in [2.75, 3.05) is 13.6 Å². The van der Waals surface area contributed by atoms with E-state index in [1.807, 2.05) is 53.7 Å². The van der Waals surface area contributed by atoms with Gasteiger partial charge in [-0.1, -0.05) is 29.8 Å². The maximum absolute atomic E-state index is 12.1. The molecule has 0 N–H and O–H groups in total. The van der Waals surface area contributed by atoms with Gasteiger partial charge in [-0.3, -0.25) is 9.69 Å². The molecule has 19 heavy (non-hydrogen) atoms. The van der Waals surface area contributed by atoms with Crippen LogP contribution in [-0.2, 0) is 0 Å². The first-order chi connectivity index (χ1) is 9.08. The first-order valence-corrected chi connectivity index (χ1v) is 7.36. The Morgan fingerprint density at radius 3 is 2.79 bits per heavy atom. The Balaban J connectivity index is 2.03. The van der Waals surface area contributed by atoms with Crippen molar-refractivity contribution in [2.24, 2.45) is 0 Å². The third-order valence-corrected chi connectivity index (χ3v) is 4.33. The van der Waals surface area contributed by atoms with Crippen LogP contribution in [0.2, 0.25) is 5.02 Å². The van der Waals surface area contributed by atoms with Gasteiger partial charge in [-0.15, -0.1) is 11.3 Å². The Morgan fingerprint density at radius 1 is 1.37 bits per heavy atom. The smallest absolute Gasteiger partial charge is 0.186 e. The lowest BCUT2D eigenvalue weighted by atomic mass is 10.1. The van der Waals surface area contributed by atoms with Gasteiger partial charge < -0.3 is 0 Å². The fraction of sp³-hybridized carbons (Fsp3) is 0.267. The number of carbonyl (C=O) groups excluding carboxylic acids is 1. The minimum Gasteiger partial charge on any atom is -0.292 e. The lowest BCUT2D eigenvalue weighted by Gasteiger charge is -2.24. The molecule has 0 saturated carbocycles. The van der Waals surface area contributed by atoms with Gasteiger partial charge in [-0.05, 0) is 43.1 Å². The molecule has 0 amide bonds. The van der Waals surface area contributed by atoms with Gasteiger partial charge >= 0.3 is 0 Å². The summed E-state index contributed by atoms with van der Waals surface area (Å²) in [6.07, 6.45) is 0. The molecule has 2 nitrogen and oxygen atoms in total. The zero-order chi connectivity index (χ0) is 13.8. The molecule has 4 heteroatoms. The van der Waals surface area contributed by atoms with Gasteiger partial charge in [0, 0.05) is 11.1 Å². The zero-order valence-electron chi connectivity index (χ0n) is 11.0. The number of Topliss-reactive ketones (excluding diaryl/α,β-unsaturated/α-hetero) is 1. The molecule has 0 aliphatic rings. The van der Waals surface area contributed by atoms with Crippen molar-refractivity contribution in [1.82, 2.24) is 4.90 Å². The first kappa shape index (κ1) is 14.3. The summed E-state index contributed by atoms with van der Waals surface area (Å²) in [7, 11) is 1.96. The number of halogens is 1. The van der Waals surface area contributed by atoms with Crippen molar-refractivity contribution in [3.63, 3.8) is 0 Å². The van der Waals surface area contributed by atoms with Crippen molar-refractivity contribution >= 4 is 28.7 Å². The van der Waals surface area contributed by atoms with Crippen LogP contribution in [0.25, 0.3) is 0 Å². The predicted octanol–water partition coefficient (Wildman–Crippen LogP) is 4.28. The molecule has 0 aliphatic carbocycles. The number of hydrogen-bond acceptors (Lipinski definition) is 3. The second kappa shape index (κ2) is 6.33. The van der Waals surface area contributed by atoms with Gasteiger partial charge in [-0.2, -0.15) is 0 Å². The molecular weight excluding hydrogens is 278 g/mol. The number of nitrogens with zero attached hydrogens (tertiary/aromatic N) is 1. The van der Waals surface area contributed by atoms with Gasteiger partial charge in [0.2, 0.25) is 0 Å². The molecule has 0 radical (unpaired) electrons. The fourth-order valence-corrected chi connectivity index (χ4v) is 2.76. The van der Waals surface area contributed by atoms with E-state index in [1.54, 1.807) is 0 Å². The molecule has 0 bridgehead atoms. The number of hydrogen-bond donors (Lipinski definition) is 0. The monoisotopic (exact) mass is 293 g/mol. The van der Waals surface area contributed by atoms with E-state index in [2.05, 4.69) is 6.92 Å². The van der Waals surface area contributed by atoms with Gasteiger partial charge in [0.1, 0.15) is 0 Å². The molecule has 1 aromatic carbocycles. The number of carbonyl (C=O) groups is 1. The molecule has 1 unspecified atom stereocenters. The van der Waals surface area contributed by atoms with Gasteiger partial charge in [0.05, 0.1) is 11.4 Å². The quantitative estimate of drug-likeness (QED) is 0.767. The van der Waals surface area contributed by atoms with Crippen molar-refractivity contribution in [2.45, 2.75) is 13.0 Å².